The van der Waals surface area contributed by atoms with Crippen LogP contribution in [0, 0.1) is 5.82 Å². The molecule has 0 saturated heterocycles. The highest BCUT2D eigenvalue weighted by Gasteiger charge is 2.27. The number of halogens is 1. The molecule has 1 N–H and O–H groups in total. The Morgan fingerprint density at radius 1 is 1.03 bits per heavy atom. The number of ether oxygens (including phenoxy) is 1. The summed E-state index contributed by atoms with van der Waals surface area (Å²) in [5.41, 5.74) is 2.63. The molecular formula is C29H29FN2O6S. The molecule has 1 amide bonds. The van der Waals surface area contributed by atoms with E-state index in [-0.39, 0.29) is 30.1 Å². The molecule has 0 aliphatic heterocycles. The lowest BCUT2D eigenvalue weighted by Gasteiger charge is -2.25. The number of benzene rings is 3. The predicted molar refractivity (Wildman–Crippen MR) is 149 cm³/mol. The van der Waals surface area contributed by atoms with E-state index in [2.05, 4.69) is 5.32 Å². The molecule has 8 nitrogen and oxygen atoms in total. The van der Waals surface area contributed by atoms with Crippen molar-refractivity contribution < 1.29 is 31.6 Å². The van der Waals surface area contributed by atoms with Crippen LogP contribution in [0.25, 0.3) is 33.4 Å². The van der Waals surface area contributed by atoms with Crippen molar-refractivity contribution in [2.24, 2.45) is 0 Å². The fourth-order valence-corrected chi connectivity index (χ4v) is 5.44. The molecule has 0 saturated carbocycles. The van der Waals surface area contributed by atoms with Crippen LogP contribution in [0.3, 0.4) is 0 Å². The topological polar surface area (TPSA) is 106 Å². The number of esters is 1. The fourth-order valence-electron chi connectivity index (χ4n) is 4.42. The second-order valence-electron chi connectivity index (χ2n) is 8.89. The molecule has 0 spiro atoms. The monoisotopic (exact) mass is 552 g/mol. The maximum atomic E-state index is 13.6. The second-order valence-corrected chi connectivity index (χ2v) is 10.8. The number of rotatable bonds is 9. The lowest BCUT2D eigenvalue weighted by molar-refractivity contribution is 0.0526. The van der Waals surface area contributed by atoms with E-state index in [1.807, 2.05) is 6.92 Å². The third kappa shape index (κ3) is 5.65. The van der Waals surface area contributed by atoms with Gasteiger partial charge in [-0.05, 0) is 61.4 Å². The normalized spacial score (nSPS) is 11.4. The number of sulfonamides is 1. The van der Waals surface area contributed by atoms with Crippen LogP contribution in [0.4, 0.5) is 10.1 Å². The zero-order valence-corrected chi connectivity index (χ0v) is 22.9. The Morgan fingerprint density at radius 2 is 1.74 bits per heavy atom. The van der Waals surface area contributed by atoms with Crippen molar-refractivity contribution in [3.63, 3.8) is 0 Å². The Kier molecular flexibility index (Phi) is 8.06. The predicted octanol–water partition coefficient (Wildman–Crippen LogP) is 5.62. The van der Waals surface area contributed by atoms with Crippen LogP contribution in [-0.2, 0) is 14.8 Å². The number of carbonyl (C=O) groups excluding carboxylic acids is 2. The average Bonchev–Trinajstić information content (AvgIpc) is 3.29. The Bertz CT molecular complexity index is 1640. The zero-order chi connectivity index (χ0) is 28.3. The van der Waals surface area contributed by atoms with Gasteiger partial charge in [-0.15, -0.1) is 0 Å². The minimum Gasteiger partial charge on any atom is -0.462 e. The van der Waals surface area contributed by atoms with Crippen molar-refractivity contribution in [2.45, 2.75) is 20.3 Å². The van der Waals surface area contributed by atoms with Crippen molar-refractivity contribution in [3.05, 3.63) is 77.6 Å². The first-order valence-corrected chi connectivity index (χ1v) is 14.3. The van der Waals surface area contributed by atoms with Gasteiger partial charge in [0, 0.05) is 36.2 Å². The lowest BCUT2D eigenvalue weighted by atomic mass is 9.97. The standard InChI is InChI=1S/C29H29FN2O6S/c1-5-14-32(39(4,35)36)24-17-25-23(16-22(24)19-8-7-9-20(15-19)29(34)37-6-2)26(28(33)31-3)27(38-25)18-10-12-21(30)13-11-18/h7-13,15-17H,5-6,14H2,1-4H3,(H,31,33). The largest absolute Gasteiger partial charge is 0.462 e. The van der Waals surface area contributed by atoms with Crippen molar-refractivity contribution in [1.82, 2.24) is 5.32 Å². The summed E-state index contributed by atoms with van der Waals surface area (Å²) in [6, 6.07) is 15.5. The van der Waals surface area contributed by atoms with Crippen LogP contribution in [0.2, 0.25) is 0 Å². The van der Waals surface area contributed by atoms with E-state index in [1.54, 1.807) is 43.3 Å². The van der Waals surface area contributed by atoms with Gasteiger partial charge in [0.2, 0.25) is 10.0 Å². The van der Waals surface area contributed by atoms with Gasteiger partial charge in [0.25, 0.3) is 5.91 Å². The van der Waals surface area contributed by atoms with Gasteiger partial charge in [-0.3, -0.25) is 9.10 Å². The van der Waals surface area contributed by atoms with Crippen LogP contribution >= 0.6 is 0 Å². The van der Waals surface area contributed by atoms with E-state index in [1.165, 1.54) is 35.6 Å². The highest BCUT2D eigenvalue weighted by molar-refractivity contribution is 7.92. The number of anilines is 1. The first-order valence-electron chi connectivity index (χ1n) is 12.4. The van der Waals surface area contributed by atoms with Crippen molar-refractivity contribution in [2.75, 3.05) is 30.8 Å². The zero-order valence-electron chi connectivity index (χ0n) is 22.1. The molecule has 0 unspecified atom stereocenters. The van der Waals surface area contributed by atoms with Gasteiger partial charge in [0.05, 0.1) is 29.7 Å². The van der Waals surface area contributed by atoms with Gasteiger partial charge >= 0.3 is 5.97 Å². The summed E-state index contributed by atoms with van der Waals surface area (Å²) in [5, 5.41) is 3.05. The summed E-state index contributed by atoms with van der Waals surface area (Å²) in [7, 11) is -2.23. The molecular weight excluding hydrogens is 523 g/mol. The van der Waals surface area contributed by atoms with E-state index in [0.717, 1.165) is 6.26 Å². The summed E-state index contributed by atoms with van der Waals surface area (Å²) in [6.45, 7) is 3.97. The van der Waals surface area contributed by atoms with E-state index in [9.17, 15) is 22.4 Å². The molecule has 204 valence electrons. The van der Waals surface area contributed by atoms with Crippen molar-refractivity contribution in [1.29, 1.82) is 0 Å². The number of fused-ring (bicyclic) bond motifs is 1. The molecule has 39 heavy (non-hydrogen) atoms. The lowest BCUT2D eigenvalue weighted by Crippen LogP contribution is -2.31. The number of furan rings is 1. The second kappa shape index (κ2) is 11.3. The molecule has 0 aliphatic rings. The highest BCUT2D eigenvalue weighted by Crippen LogP contribution is 2.42. The van der Waals surface area contributed by atoms with Gasteiger partial charge in [0.15, 0.2) is 0 Å². The van der Waals surface area contributed by atoms with Gasteiger partial charge in [0.1, 0.15) is 17.2 Å². The average molecular weight is 553 g/mol. The molecule has 10 heteroatoms. The molecule has 0 atom stereocenters. The van der Waals surface area contributed by atoms with Crippen LogP contribution in [0.15, 0.2) is 65.1 Å². The third-order valence-electron chi connectivity index (χ3n) is 6.15. The van der Waals surface area contributed by atoms with Gasteiger partial charge in [-0.2, -0.15) is 0 Å². The van der Waals surface area contributed by atoms with E-state index >= 15 is 0 Å². The van der Waals surface area contributed by atoms with Crippen LogP contribution in [0.1, 0.15) is 41.0 Å². The number of amides is 1. The number of hydrogen-bond acceptors (Lipinski definition) is 6. The van der Waals surface area contributed by atoms with Crippen LogP contribution in [-0.4, -0.2) is 46.7 Å². The number of carbonyl (C=O) groups is 2. The Balaban J connectivity index is 2.07. The van der Waals surface area contributed by atoms with E-state index in [0.29, 0.717) is 39.7 Å². The molecule has 0 fully saturated rings. The van der Waals surface area contributed by atoms with Gasteiger partial charge in [-0.25, -0.2) is 17.6 Å². The van der Waals surface area contributed by atoms with Crippen molar-refractivity contribution >= 4 is 38.6 Å². The summed E-state index contributed by atoms with van der Waals surface area (Å²) in [6.07, 6.45) is 1.66. The molecule has 4 rings (SSSR count). The summed E-state index contributed by atoms with van der Waals surface area (Å²) >= 11 is 0. The summed E-state index contributed by atoms with van der Waals surface area (Å²) in [5.74, 6) is -1.16. The number of nitrogens with one attached hydrogen (secondary N) is 1. The SMILES string of the molecule is CCCN(c1cc2oc(-c3ccc(F)cc3)c(C(=O)NC)c2cc1-c1cccc(C(=O)OCC)c1)S(C)(=O)=O. The quantitative estimate of drug-likeness (QED) is 0.270. The Labute approximate surface area is 226 Å². The molecule has 0 aliphatic carbocycles. The van der Waals surface area contributed by atoms with Crippen molar-refractivity contribution in [3.8, 4) is 22.5 Å². The highest BCUT2D eigenvalue weighted by atomic mass is 32.2. The molecule has 0 radical (unpaired) electrons. The summed E-state index contributed by atoms with van der Waals surface area (Å²) in [4.78, 5) is 25.5. The first-order chi connectivity index (χ1) is 18.6. The first kappa shape index (κ1) is 27.8. The van der Waals surface area contributed by atoms with E-state index < -0.39 is 27.7 Å². The minimum atomic E-state index is -3.72. The molecule has 3 aromatic carbocycles. The smallest absolute Gasteiger partial charge is 0.338 e. The maximum Gasteiger partial charge on any atom is 0.338 e. The Hall–Kier alpha value is -4.18. The molecule has 1 heterocycles. The molecule has 0 bridgehead atoms. The fraction of sp³-hybridized carbons (Fsp3) is 0.241. The Morgan fingerprint density at radius 3 is 2.36 bits per heavy atom. The maximum absolute atomic E-state index is 13.6. The number of hydrogen-bond donors (Lipinski definition) is 1. The van der Waals surface area contributed by atoms with E-state index in [4.69, 9.17) is 9.15 Å². The molecule has 4 aromatic rings. The number of nitrogens with zero attached hydrogens (tertiary/aromatic N) is 1. The molecule has 1 aromatic heterocycles. The van der Waals surface area contributed by atoms with Gasteiger partial charge in [-0.1, -0.05) is 19.1 Å². The third-order valence-corrected chi connectivity index (χ3v) is 7.33. The van der Waals surface area contributed by atoms with Gasteiger partial charge < -0.3 is 14.5 Å². The summed E-state index contributed by atoms with van der Waals surface area (Å²) < 4.78 is 52.0. The minimum absolute atomic E-state index is 0.197. The van der Waals surface area contributed by atoms with Crippen LogP contribution in [0.5, 0.6) is 0 Å². The van der Waals surface area contributed by atoms with Crippen LogP contribution < -0.4 is 9.62 Å².